The summed E-state index contributed by atoms with van der Waals surface area (Å²) in [5.41, 5.74) is 0.580. The van der Waals surface area contributed by atoms with Crippen molar-refractivity contribution in [3.05, 3.63) is 12.4 Å². The molecular weight excluding hydrogens is 246 g/mol. The molecule has 0 aliphatic carbocycles. The second-order valence-electron chi connectivity index (χ2n) is 4.55. The summed E-state index contributed by atoms with van der Waals surface area (Å²) in [5, 5.41) is 13.7. The van der Waals surface area contributed by atoms with Gasteiger partial charge in [0.25, 0.3) is 0 Å². The minimum atomic E-state index is -0.251. The summed E-state index contributed by atoms with van der Waals surface area (Å²) >= 11 is 0. The molecule has 0 spiro atoms. The average molecular weight is 261 g/mol. The maximum Gasteiger partial charge on any atom is 0.230 e. The third-order valence-electron chi connectivity index (χ3n) is 3.27. The number of anilines is 1. The molecule has 3 heterocycles. The Morgan fingerprint density at radius 2 is 2.16 bits per heavy atom. The van der Waals surface area contributed by atoms with Gasteiger partial charge in [0, 0.05) is 45.5 Å². The highest BCUT2D eigenvalue weighted by Gasteiger charge is 2.17. The molecule has 7 heteroatoms. The zero-order chi connectivity index (χ0) is 13.4. The quantitative estimate of drug-likeness (QED) is 0.763. The van der Waals surface area contributed by atoms with Crippen molar-refractivity contribution in [3.63, 3.8) is 0 Å². The van der Waals surface area contributed by atoms with E-state index in [2.05, 4.69) is 20.2 Å². The maximum absolute atomic E-state index is 11.4. The predicted molar refractivity (Wildman–Crippen MR) is 70.6 cm³/mol. The predicted octanol–water partition coefficient (Wildman–Crippen LogP) is 0.207. The number of fused-ring (bicyclic) bond motifs is 1. The van der Waals surface area contributed by atoms with E-state index in [4.69, 9.17) is 0 Å². The van der Waals surface area contributed by atoms with Crippen molar-refractivity contribution in [2.45, 2.75) is 6.92 Å². The number of nitrogens with zero attached hydrogens (tertiary/aromatic N) is 4. The van der Waals surface area contributed by atoms with E-state index in [0.29, 0.717) is 16.9 Å². The summed E-state index contributed by atoms with van der Waals surface area (Å²) in [6, 6.07) is 0. The smallest absolute Gasteiger partial charge is 0.230 e. The Kier molecular flexibility index (Phi) is 2.83. The second-order valence-corrected chi connectivity index (χ2v) is 4.55. The summed E-state index contributed by atoms with van der Waals surface area (Å²) < 4.78 is 1.18. The van der Waals surface area contributed by atoms with Crippen LogP contribution in [0.2, 0.25) is 0 Å². The van der Waals surface area contributed by atoms with Crippen molar-refractivity contribution in [2.75, 3.05) is 31.1 Å². The zero-order valence-corrected chi connectivity index (χ0v) is 10.6. The number of carbonyl (C=O) groups is 1. The average Bonchev–Trinajstić information content (AvgIpc) is 2.77. The van der Waals surface area contributed by atoms with E-state index in [1.165, 1.54) is 11.5 Å². The van der Waals surface area contributed by atoms with Crippen LogP contribution in [0.4, 0.5) is 5.95 Å². The van der Waals surface area contributed by atoms with Crippen LogP contribution in [0.25, 0.3) is 10.9 Å². The van der Waals surface area contributed by atoms with Crippen molar-refractivity contribution in [1.29, 1.82) is 0 Å². The van der Waals surface area contributed by atoms with Gasteiger partial charge in [0.15, 0.2) is 0 Å². The molecule has 7 nitrogen and oxygen atoms in total. The topological polar surface area (TPSA) is 83.3 Å². The van der Waals surface area contributed by atoms with Gasteiger partial charge in [-0.2, -0.15) is 0 Å². The van der Waals surface area contributed by atoms with Crippen molar-refractivity contribution in [2.24, 2.45) is 0 Å². The Balaban J connectivity index is 2.03. The molecule has 100 valence electrons. The summed E-state index contributed by atoms with van der Waals surface area (Å²) in [5.74, 6) is 0.281. The number of aromatic nitrogens is 3. The first-order valence-corrected chi connectivity index (χ1v) is 6.20. The van der Waals surface area contributed by atoms with Gasteiger partial charge in [0.1, 0.15) is 0 Å². The number of rotatable bonds is 1. The maximum atomic E-state index is 11.4. The molecule has 0 unspecified atom stereocenters. The molecule has 0 radical (unpaired) electrons. The largest absolute Gasteiger partial charge is 0.494 e. The van der Waals surface area contributed by atoms with E-state index in [-0.39, 0.29) is 11.8 Å². The number of carbonyl (C=O) groups excluding carboxylic acids is 1. The number of hydrogen-bond acceptors (Lipinski definition) is 6. The lowest BCUT2D eigenvalue weighted by atomic mass is 10.3. The van der Waals surface area contributed by atoms with Gasteiger partial charge >= 0.3 is 0 Å². The summed E-state index contributed by atoms with van der Waals surface area (Å²) in [6.07, 6.45) is 3.11. The van der Waals surface area contributed by atoms with Crippen LogP contribution in [0.3, 0.4) is 0 Å². The van der Waals surface area contributed by atoms with Crippen LogP contribution < -0.4 is 10.2 Å². The lowest BCUT2D eigenvalue weighted by Gasteiger charge is -2.27. The van der Waals surface area contributed by atoms with Crippen molar-refractivity contribution < 1.29 is 9.90 Å². The molecule has 2 aromatic rings. The van der Waals surface area contributed by atoms with Gasteiger partial charge in [-0.25, -0.2) is 9.97 Å². The van der Waals surface area contributed by atoms with E-state index < -0.39 is 0 Å². The first-order valence-electron chi connectivity index (χ1n) is 6.20. The van der Waals surface area contributed by atoms with E-state index in [1.807, 2.05) is 0 Å². The number of aromatic hydroxyl groups is 1. The van der Waals surface area contributed by atoms with Gasteiger partial charge in [0.05, 0.1) is 10.9 Å². The first-order chi connectivity index (χ1) is 9.16. The van der Waals surface area contributed by atoms with Gasteiger partial charge < -0.3 is 15.3 Å². The van der Waals surface area contributed by atoms with Crippen LogP contribution in [0.15, 0.2) is 12.4 Å². The fourth-order valence-corrected chi connectivity index (χ4v) is 2.23. The minimum absolute atomic E-state index is 0.102. The van der Waals surface area contributed by atoms with Gasteiger partial charge in [-0.3, -0.25) is 9.36 Å². The molecule has 2 aromatic heterocycles. The Hall–Kier alpha value is -2.15. The van der Waals surface area contributed by atoms with Gasteiger partial charge in [0.2, 0.25) is 17.7 Å². The van der Waals surface area contributed by atoms with Crippen LogP contribution in [-0.4, -0.2) is 51.7 Å². The number of piperazine rings is 1. The molecular formula is C12H15N5O2. The zero-order valence-electron chi connectivity index (χ0n) is 10.6. The Bertz CT molecular complexity index is 630. The van der Waals surface area contributed by atoms with Crippen LogP contribution in [-0.2, 0) is 0 Å². The van der Waals surface area contributed by atoms with Crippen molar-refractivity contribution in [3.8, 4) is 5.88 Å². The van der Waals surface area contributed by atoms with Gasteiger partial charge in [-0.15, -0.1) is 0 Å². The van der Waals surface area contributed by atoms with Crippen LogP contribution in [0.1, 0.15) is 11.7 Å². The van der Waals surface area contributed by atoms with Crippen LogP contribution >= 0.6 is 0 Å². The summed E-state index contributed by atoms with van der Waals surface area (Å²) in [4.78, 5) is 22.1. The molecule has 19 heavy (non-hydrogen) atoms. The monoisotopic (exact) mass is 261 g/mol. The molecule has 1 saturated heterocycles. The van der Waals surface area contributed by atoms with E-state index in [1.54, 1.807) is 12.4 Å². The molecule has 3 rings (SSSR count). The SMILES string of the molecule is CC(=O)n1cc2nc(N3CCNCC3)ncc2c1O. The summed E-state index contributed by atoms with van der Waals surface area (Å²) in [7, 11) is 0. The lowest BCUT2D eigenvalue weighted by Crippen LogP contribution is -2.44. The third-order valence-corrected chi connectivity index (χ3v) is 3.27. The molecule has 1 fully saturated rings. The summed E-state index contributed by atoms with van der Waals surface area (Å²) in [6.45, 7) is 4.90. The molecule has 0 amide bonds. The highest BCUT2D eigenvalue weighted by atomic mass is 16.3. The standard InChI is InChI=1S/C12H15N5O2/c1-8(18)17-7-10-9(11(17)19)6-14-12(15-10)16-4-2-13-3-5-16/h6-7,13,19H,2-5H2,1H3. The fourth-order valence-electron chi connectivity index (χ4n) is 2.23. The van der Waals surface area contributed by atoms with Gasteiger partial charge in [-0.05, 0) is 0 Å². The molecule has 1 aliphatic rings. The fraction of sp³-hybridized carbons (Fsp3) is 0.417. The molecule has 0 atom stereocenters. The lowest BCUT2D eigenvalue weighted by molar-refractivity contribution is 0.0928. The normalized spacial score (nSPS) is 15.9. The molecule has 0 aromatic carbocycles. The van der Waals surface area contributed by atoms with Gasteiger partial charge in [-0.1, -0.05) is 0 Å². The van der Waals surface area contributed by atoms with E-state index in [9.17, 15) is 9.90 Å². The Labute approximate surface area is 109 Å². The van der Waals surface area contributed by atoms with Crippen molar-refractivity contribution in [1.82, 2.24) is 19.9 Å². The highest BCUT2D eigenvalue weighted by Crippen LogP contribution is 2.26. The number of hydrogen-bond donors (Lipinski definition) is 2. The third kappa shape index (κ3) is 2.01. The molecule has 0 saturated carbocycles. The molecule has 1 aliphatic heterocycles. The highest BCUT2D eigenvalue weighted by molar-refractivity contribution is 5.91. The van der Waals surface area contributed by atoms with Crippen molar-refractivity contribution >= 4 is 22.8 Å². The molecule has 0 bridgehead atoms. The first kappa shape index (κ1) is 11.9. The van der Waals surface area contributed by atoms with E-state index in [0.717, 1.165) is 26.2 Å². The number of nitrogens with one attached hydrogen (secondary N) is 1. The second kappa shape index (κ2) is 4.51. The minimum Gasteiger partial charge on any atom is -0.494 e. The van der Waals surface area contributed by atoms with Crippen LogP contribution in [0, 0.1) is 0 Å². The van der Waals surface area contributed by atoms with Crippen LogP contribution in [0.5, 0.6) is 5.88 Å². The Morgan fingerprint density at radius 3 is 2.84 bits per heavy atom. The van der Waals surface area contributed by atoms with E-state index >= 15 is 0 Å². The molecule has 2 N–H and O–H groups in total. The Morgan fingerprint density at radius 1 is 1.42 bits per heavy atom.